The number of amides is 1. The molecule has 1 fully saturated rings. The lowest BCUT2D eigenvalue weighted by molar-refractivity contribution is -0.124. The van der Waals surface area contributed by atoms with Crippen molar-refractivity contribution in [3.05, 3.63) is 144 Å². The molecule has 7 nitrogen and oxygen atoms in total. The molecule has 0 unspecified atom stereocenters. The maximum atomic E-state index is 14.3. The van der Waals surface area contributed by atoms with Crippen LogP contribution < -0.4 is 20.4 Å². The molecule has 0 spiro atoms. The monoisotopic (exact) mass is 690 g/mol. The number of carbonyl (C=O) groups excluding carboxylic acids is 1. The lowest BCUT2D eigenvalue weighted by atomic mass is 10.1. The molecule has 1 aliphatic heterocycles. The predicted octanol–water partition coefficient (Wildman–Crippen LogP) is 6.70. The number of nitrogens with one attached hydrogen (secondary N) is 1. The molecule has 1 atom stereocenters. The van der Waals surface area contributed by atoms with Crippen molar-refractivity contribution in [2.24, 2.45) is 0 Å². The van der Waals surface area contributed by atoms with Crippen molar-refractivity contribution < 1.29 is 18.3 Å². The lowest BCUT2D eigenvalue weighted by Gasteiger charge is -2.44. The van der Waals surface area contributed by atoms with Gasteiger partial charge in [0.25, 0.3) is 14.2 Å². The van der Waals surface area contributed by atoms with Crippen LogP contribution in [0.4, 0.5) is 4.39 Å². The summed E-state index contributed by atoms with van der Waals surface area (Å²) in [4.78, 5) is 20.1. The van der Waals surface area contributed by atoms with Crippen LogP contribution in [0, 0.1) is 12.7 Å². The van der Waals surface area contributed by atoms with Gasteiger partial charge in [0, 0.05) is 6.20 Å². The topological polar surface area (TPSA) is 68.6 Å². The second-order valence-electron chi connectivity index (χ2n) is 13.1. The fourth-order valence-corrected chi connectivity index (χ4v) is 11.4. The van der Waals surface area contributed by atoms with Gasteiger partial charge in [-0.2, -0.15) is 0 Å². The summed E-state index contributed by atoms with van der Waals surface area (Å²) >= 11 is 5.82. The van der Waals surface area contributed by atoms with Gasteiger partial charge in [-0.3, -0.25) is 9.69 Å². The van der Waals surface area contributed by atoms with Gasteiger partial charge < -0.3 is 19.0 Å². The molecule has 0 bridgehead atoms. The van der Waals surface area contributed by atoms with E-state index >= 15 is 0 Å². The molecule has 1 N–H and O–H groups in total. The Hall–Kier alpha value is -4.90. The van der Waals surface area contributed by atoms with Crippen molar-refractivity contribution in [1.82, 2.24) is 19.8 Å². The fraction of sp³-hybridized carbons (Fsp3) is 0.205. The van der Waals surface area contributed by atoms with Crippen LogP contribution in [0.3, 0.4) is 0 Å². The quantitative estimate of drug-likeness (QED) is 0.1000. The zero-order valence-corrected chi connectivity index (χ0v) is 30.0. The summed E-state index contributed by atoms with van der Waals surface area (Å²) < 4.78 is 29.1. The number of hydrogen-bond donors (Lipinski definition) is 1. The lowest BCUT2D eigenvalue weighted by Crippen LogP contribution is -2.67. The van der Waals surface area contributed by atoms with Crippen LogP contribution in [0.25, 0.3) is 11.8 Å². The van der Waals surface area contributed by atoms with E-state index in [9.17, 15) is 9.18 Å². The summed E-state index contributed by atoms with van der Waals surface area (Å²) in [5, 5.41) is 5.32. The van der Waals surface area contributed by atoms with Gasteiger partial charge in [0.1, 0.15) is 17.3 Å². The minimum Gasteiger partial charge on any atom is -0.495 e. The van der Waals surface area contributed by atoms with Gasteiger partial charge in [0.05, 0.1) is 37.5 Å². The number of hydrogen-bond acceptors (Lipinski definition) is 5. The van der Waals surface area contributed by atoms with Crippen molar-refractivity contribution in [1.29, 1.82) is 0 Å². The minimum absolute atomic E-state index is 0.132. The van der Waals surface area contributed by atoms with Gasteiger partial charge in [-0.15, -0.1) is 0 Å². The second kappa shape index (κ2) is 13.9. The van der Waals surface area contributed by atoms with Crippen molar-refractivity contribution in [2.75, 3.05) is 13.7 Å². The molecular formula is C39H39FN4O3SSi. The maximum absolute atomic E-state index is 14.3. The van der Waals surface area contributed by atoms with Gasteiger partial charge in [-0.05, 0) is 76.0 Å². The highest BCUT2D eigenvalue weighted by atomic mass is 32.1. The molecule has 1 aliphatic rings. The maximum Gasteiger partial charge on any atom is 0.277 e. The van der Waals surface area contributed by atoms with Gasteiger partial charge in [-0.25, -0.2) is 9.37 Å². The van der Waals surface area contributed by atoms with Crippen molar-refractivity contribution in [3.8, 4) is 11.4 Å². The molecule has 4 aromatic carbocycles. The predicted molar refractivity (Wildman–Crippen MR) is 198 cm³/mol. The Balaban J connectivity index is 1.38. The molecule has 2 heterocycles. The molecule has 49 heavy (non-hydrogen) atoms. The Bertz CT molecular complexity index is 1950. The number of nitrogens with zero attached hydrogens (tertiary/aromatic N) is 3. The molecule has 6 rings (SSSR count). The van der Waals surface area contributed by atoms with E-state index in [0.717, 1.165) is 27.3 Å². The van der Waals surface area contributed by atoms with Crippen LogP contribution in [-0.2, 0) is 9.22 Å². The average molecular weight is 691 g/mol. The zero-order valence-electron chi connectivity index (χ0n) is 28.2. The van der Waals surface area contributed by atoms with Crippen LogP contribution in [0.2, 0.25) is 5.04 Å². The number of halogens is 1. The van der Waals surface area contributed by atoms with E-state index < -0.39 is 14.4 Å². The van der Waals surface area contributed by atoms with Crippen LogP contribution in [0.15, 0.2) is 121 Å². The number of thiocarbonyl (C=S) groups is 1. The Morgan fingerprint density at radius 2 is 1.59 bits per heavy atom. The smallest absolute Gasteiger partial charge is 0.277 e. The molecule has 250 valence electrons. The number of ether oxygens (including phenoxy) is 1. The summed E-state index contributed by atoms with van der Waals surface area (Å²) in [7, 11) is -1.38. The van der Waals surface area contributed by atoms with E-state index in [0.29, 0.717) is 17.0 Å². The number of aryl methyl sites for hydroxylation is 1. The molecule has 0 saturated carbocycles. The van der Waals surface area contributed by atoms with Crippen LogP contribution in [-0.4, -0.2) is 47.5 Å². The number of aromatic nitrogens is 2. The molecule has 0 radical (unpaired) electrons. The molecule has 1 amide bonds. The third kappa shape index (κ3) is 6.72. The number of imidazole rings is 1. The fourth-order valence-electron chi connectivity index (χ4n) is 6.52. The summed E-state index contributed by atoms with van der Waals surface area (Å²) in [6, 6.07) is 31.8. The van der Waals surface area contributed by atoms with Crippen LogP contribution >= 0.6 is 12.2 Å². The first kappa shape index (κ1) is 34.0. The zero-order chi connectivity index (χ0) is 34.8. The van der Waals surface area contributed by atoms with Crippen LogP contribution in [0.1, 0.15) is 43.6 Å². The first-order valence-electron chi connectivity index (χ1n) is 16.1. The molecule has 5 aromatic rings. The third-order valence-electron chi connectivity index (χ3n) is 8.86. The molecule has 10 heteroatoms. The molecule has 1 saturated heterocycles. The summed E-state index contributed by atoms with van der Waals surface area (Å²) in [5.74, 6) is -0.0501. The van der Waals surface area contributed by atoms with Gasteiger partial charge in [0.15, 0.2) is 5.11 Å². The highest BCUT2D eigenvalue weighted by molar-refractivity contribution is 7.80. The highest BCUT2D eigenvalue weighted by Crippen LogP contribution is 2.38. The van der Waals surface area contributed by atoms with E-state index in [1.807, 2.05) is 72.3 Å². The highest BCUT2D eigenvalue weighted by Gasteiger charge is 2.51. The number of methoxy groups -OCH3 is 1. The van der Waals surface area contributed by atoms with E-state index in [1.54, 1.807) is 36.5 Å². The standard InChI is InChI=1S/C39H39FN4O3SSi/c1-27-24-43(26-41-27)34-21-16-28(23-36(34)46-5)22-33-37(45)44(38(48)42-33)35(29-17-19-30(40)20-18-29)25-47-49(39(2,3)4,31-12-8-6-9-13-31)32-14-10-7-11-15-32/h6-24,26,35H,25H2,1-5H3,(H,42,48)/t35-/m1/s1. The van der Waals surface area contributed by atoms with Crippen molar-refractivity contribution in [2.45, 2.75) is 38.8 Å². The van der Waals surface area contributed by atoms with Gasteiger partial charge in [-0.1, -0.05) is 99.6 Å². The SMILES string of the molecule is COc1cc(C=C2NC(=S)N([C@H](CO[Si](c3ccccc3)(c3ccccc3)C(C)(C)C)c3ccc(F)cc3)C2=O)ccc1-n1cnc(C)c1. The first-order valence-corrected chi connectivity index (χ1v) is 18.4. The summed E-state index contributed by atoms with van der Waals surface area (Å²) in [6.45, 7) is 8.66. The minimum atomic E-state index is -2.98. The normalized spacial score (nSPS) is 15.1. The van der Waals surface area contributed by atoms with Crippen LogP contribution in [0.5, 0.6) is 5.75 Å². The molecule has 1 aromatic heterocycles. The number of rotatable bonds is 10. The number of carbonyl (C=O) groups is 1. The second-order valence-corrected chi connectivity index (χ2v) is 17.8. The largest absolute Gasteiger partial charge is 0.495 e. The van der Waals surface area contributed by atoms with E-state index in [4.69, 9.17) is 21.4 Å². The summed E-state index contributed by atoms with van der Waals surface area (Å²) in [6.07, 6.45) is 5.40. The Kier molecular flexibility index (Phi) is 9.65. The third-order valence-corrected chi connectivity index (χ3v) is 14.2. The van der Waals surface area contributed by atoms with Gasteiger partial charge in [0.2, 0.25) is 0 Å². The van der Waals surface area contributed by atoms with Crippen molar-refractivity contribution in [3.63, 3.8) is 0 Å². The van der Waals surface area contributed by atoms with Crippen molar-refractivity contribution >= 4 is 48.0 Å². The number of benzene rings is 4. The molecular weight excluding hydrogens is 652 g/mol. The van der Waals surface area contributed by atoms with E-state index in [1.165, 1.54) is 12.1 Å². The first-order chi connectivity index (χ1) is 23.5. The van der Waals surface area contributed by atoms with Gasteiger partial charge >= 0.3 is 0 Å². The Morgan fingerprint density at radius 1 is 0.959 bits per heavy atom. The summed E-state index contributed by atoms with van der Waals surface area (Å²) in [5.41, 5.74) is 3.48. The van der Waals surface area contributed by atoms with E-state index in [2.05, 4.69) is 55.3 Å². The van der Waals surface area contributed by atoms with E-state index in [-0.39, 0.29) is 28.5 Å². The average Bonchev–Trinajstić information content (AvgIpc) is 3.65. The molecule has 0 aliphatic carbocycles. The Labute approximate surface area is 293 Å². The Morgan fingerprint density at radius 3 is 2.14 bits per heavy atom.